The zero-order chi connectivity index (χ0) is 13.7. The predicted octanol–water partition coefficient (Wildman–Crippen LogP) is 2.77. The lowest BCUT2D eigenvalue weighted by Gasteiger charge is -2.09. The number of rotatable bonds is 5. The summed E-state index contributed by atoms with van der Waals surface area (Å²) in [4.78, 5) is 21.2. The van der Waals surface area contributed by atoms with Crippen LogP contribution in [0.2, 0.25) is 0 Å². The Morgan fingerprint density at radius 2 is 2.22 bits per heavy atom. The molecular formula is C12H14BrNO4. The van der Waals surface area contributed by atoms with E-state index in [2.05, 4.69) is 15.9 Å². The maximum atomic E-state index is 11.4. The fourth-order valence-corrected chi connectivity index (χ4v) is 2.08. The fraction of sp³-hybridized carbons (Fsp3) is 0.417. The van der Waals surface area contributed by atoms with Crippen molar-refractivity contribution in [1.82, 2.24) is 0 Å². The van der Waals surface area contributed by atoms with Crippen molar-refractivity contribution >= 4 is 27.6 Å². The summed E-state index contributed by atoms with van der Waals surface area (Å²) in [7, 11) is 0. The van der Waals surface area contributed by atoms with Crippen molar-refractivity contribution in [3.05, 3.63) is 39.4 Å². The first kappa shape index (κ1) is 14.6. The molecule has 0 aliphatic carbocycles. The van der Waals surface area contributed by atoms with Gasteiger partial charge >= 0.3 is 5.97 Å². The van der Waals surface area contributed by atoms with Crippen LogP contribution in [0.3, 0.4) is 0 Å². The van der Waals surface area contributed by atoms with Crippen LogP contribution in [-0.4, -0.2) is 22.3 Å². The lowest BCUT2D eigenvalue weighted by molar-refractivity contribution is -0.385. The van der Waals surface area contributed by atoms with Gasteiger partial charge in [-0.25, -0.2) is 0 Å². The van der Waals surface area contributed by atoms with Crippen LogP contribution in [0.15, 0.2) is 18.2 Å². The summed E-state index contributed by atoms with van der Waals surface area (Å²) in [6.07, 6.45) is 0.442. The summed E-state index contributed by atoms with van der Waals surface area (Å²) in [5.74, 6) is -0.325. The third kappa shape index (κ3) is 3.80. The molecule has 1 atom stereocenters. The third-order valence-electron chi connectivity index (χ3n) is 2.42. The van der Waals surface area contributed by atoms with E-state index in [9.17, 15) is 14.9 Å². The largest absolute Gasteiger partial charge is 0.465 e. The van der Waals surface area contributed by atoms with E-state index in [-0.39, 0.29) is 11.7 Å². The van der Waals surface area contributed by atoms with Crippen LogP contribution >= 0.6 is 15.9 Å². The zero-order valence-corrected chi connectivity index (χ0v) is 11.8. The van der Waals surface area contributed by atoms with Gasteiger partial charge in [-0.1, -0.05) is 22.0 Å². The number of carbonyl (C=O) groups excluding carboxylic acids is 1. The Hall–Kier alpha value is -1.43. The van der Waals surface area contributed by atoms with E-state index in [0.29, 0.717) is 18.6 Å². The number of carbonyl (C=O) groups is 1. The molecule has 18 heavy (non-hydrogen) atoms. The minimum atomic E-state index is -0.432. The highest BCUT2D eigenvalue weighted by Crippen LogP contribution is 2.21. The summed E-state index contributed by atoms with van der Waals surface area (Å²) in [6, 6.07) is 4.82. The smallest absolute Gasteiger partial charge is 0.320 e. The lowest BCUT2D eigenvalue weighted by atomic mass is 10.1. The Labute approximate surface area is 113 Å². The molecule has 0 fully saturated rings. The second-order valence-corrected chi connectivity index (χ2v) is 4.91. The number of halogens is 1. The van der Waals surface area contributed by atoms with Gasteiger partial charge in [0, 0.05) is 11.6 Å². The monoisotopic (exact) mass is 315 g/mol. The molecule has 6 heteroatoms. The highest BCUT2D eigenvalue weighted by molar-refractivity contribution is 9.10. The third-order valence-corrected chi connectivity index (χ3v) is 3.11. The quantitative estimate of drug-likeness (QED) is 0.362. The lowest BCUT2D eigenvalue weighted by Crippen LogP contribution is -2.19. The minimum absolute atomic E-state index is 0.0843. The van der Waals surface area contributed by atoms with Crippen LogP contribution in [0.5, 0.6) is 0 Å². The molecule has 0 aliphatic rings. The molecular weight excluding hydrogens is 302 g/mol. The van der Waals surface area contributed by atoms with E-state index in [0.717, 1.165) is 5.56 Å². The van der Waals surface area contributed by atoms with E-state index in [1.165, 1.54) is 6.07 Å². The summed E-state index contributed by atoms with van der Waals surface area (Å²) in [5, 5.41) is 10.7. The van der Waals surface area contributed by atoms with Gasteiger partial charge in [0.2, 0.25) is 0 Å². The van der Waals surface area contributed by atoms with Gasteiger partial charge in [-0.15, -0.1) is 0 Å². The molecule has 0 spiro atoms. The van der Waals surface area contributed by atoms with E-state index < -0.39 is 9.75 Å². The minimum Gasteiger partial charge on any atom is -0.465 e. The average Bonchev–Trinajstić information content (AvgIpc) is 2.28. The summed E-state index contributed by atoms with van der Waals surface area (Å²) < 4.78 is 4.87. The van der Waals surface area contributed by atoms with Gasteiger partial charge in [-0.3, -0.25) is 14.9 Å². The highest BCUT2D eigenvalue weighted by Gasteiger charge is 2.18. The van der Waals surface area contributed by atoms with Gasteiger partial charge in [-0.05, 0) is 31.9 Å². The Morgan fingerprint density at radius 3 is 2.72 bits per heavy atom. The molecule has 1 unspecified atom stereocenters. The number of aryl methyl sites for hydroxylation is 1. The number of alkyl halides is 1. The molecule has 0 heterocycles. The van der Waals surface area contributed by atoms with Gasteiger partial charge in [0.15, 0.2) is 0 Å². The van der Waals surface area contributed by atoms with Crippen LogP contribution in [0.1, 0.15) is 18.1 Å². The number of esters is 1. The van der Waals surface area contributed by atoms with Crippen molar-refractivity contribution in [2.24, 2.45) is 0 Å². The first-order valence-electron chi connectivity index (χ1n) is 5.50. The first-order valence-corrected chi connectivity index (χ1v) is 6.42. The molecule has 0 bridgehead atoms. The maximum absolute atomic E-state index is 11.4. The van der Waals surface area contributed by atoms with Crippen molar-refractivity contribution in [3.8, 4) is 0 Å². The molecule has 1 aromatic rings. The number of nitrogens with zero attached hydrogens (tertiary/aromatic N) is 1. The van der Waals surface area contributed by atoms with E-state index in [1.54, 1.807) is 26.0 Å². The Kier molecular flexibility index (Phi) is 5.27. The van der Waals surface area contributed by atoms with Crippen LogP contribution in [-0.2, 0) is 16.0 Å². The topological polar surface area (TPSA) is 69.4 Å². The van der Waals surface area contributed by atoms with Crippen molar-refractivity contribution in [3.63, 3.8) is 0 Å². The summed E-state index contributed by atoms with van der Waals surface area (Å²) in [6.45, 7) is 3.75. The highest BCUT2D eigenvalue weighted by atomic mass is 79.9. The van der Waals surface area contributed by atoms with Crippen molar-refractivity contribution < 1.29 is 14.5 Å². The average molecular weight is 316 g/mol. The number of nitro groups is 1. The van der Waals surface area contributed by atoms with Gasteiger partial charge in [-0.2, -0.15) is 0 Å². The molecule has 98 valence electrons. The van der Waals surface area contributed by atoms with Gasteiger partial charge in [0.25, 0.3) is 5.69 Å². The molecule has 1 aromatic carbocycles. The number of ether oxygens (including phenoxy) is 1. The summed E-state index contributed by atoms with van der Waals surface area (Å²) >= 11 is 3.24. The number of benzene rings is 1. The fourth-order valence-electron chi connectivity index (χ4n) is 1.57. The second kappa shape index (κ2) is 6.49. The summed E-state index contributed by atoms with van der Waals surface area (Å²) in [5.41, 5.74) is 1.52. The molecule has 5 nitrogen and oxygen atoms in total. The molecule has 0 aliphatic heterocycles. The standard InChI is InChI=1S/C12H14BrNO4/c1-3-18-12(15)10(13)7-9-4-5-11(14(16)17)8(2)6-9/h4-6,10H,3,7H2,1-2H3. The van der Waals surface area contributed by atoms with Gasteiger partial charge in [0.1, 0.15) is 4.83 Å². The Morgan fingerprint density at radius 1 is 1.56 bits per heavy atom. The molecule has 0 aromatic heterocycles. The molecule has 0 radical (unpaired) electrons. The molecule has 1 rings (SSSR count). The van der Waals surface area contributed by atoms with E-state index in [4.69, 9.17) is 4.74 Å². The van der Waals surface area contributed by atoms with E-state index in [1.807, 2.05) is 0 Å². The normalized spacial score (nSPS) is 11.9. The Bertz CT molecular complexity index is 461. The van der Waals surface area contributed by atoms with Crippen molar-refractivity contribution in [2.75, 3.05) is 6.61 Å². The van der Waals surface area contributed by atoms with Crippen LogP contribution in [0.25, 0.3) is 0 Å². The predicted molar refractivity (Wildman–Crippen MR) is 70.9 cm³/mol. The number of hydrogen-bond donors (Lipinski definition) is 0. The second-order valence-electron chi connectivity index (χ2n) is 3.80. The van der Waals surface area contributed by atoms with E-state index >= 15 is 0 Å². The molecule has 0 saturated heterocycles. The molecule has 0 saturated carbocycles. The molecule has 0 N–H and O–H groups in total. The number of nitro benzene ring substituents is 1. The van der Waals surface area contributed by atoms with Crippen molar-refractivity contribution in [2.45, 2.75) is 25.1 Å². The Balaban J connectivity index is 2.77. The van der Waals surface area contributed by atoms with Gasteiger partial charge < -0.3 is 4.74 Å². The molecule has 0 amide bonds. The van der Waals surface area contributed by atoms with Crippen LogP contribution < -0.4 is 0 Å². The van der Waals surface area contributed by atoms with Crippen LogP contribution in [0, 0.1) is 17.0 Å². The van der Waals surface area contributed by atoms with Crippen LogP contribution in [0.4, 0.5) is 5.69 Å². The zero-order valence-electron chi connectivity index (χ0n) is 10.2. The maximum Gasteiger partial charge on any atom is 0.320 e. The van der Waals surface area contributed by atoms with Crippen molar-refractivity contribution in [1.29, 1.82) is 0 Å². The number of hydrogen-bond acceptors (Lipinski definition) is 4. The SMILES string of the molecule is CCOC(=O)C(Br)Cc1ccc([N+](=O)[O-])c(C)c1. The van der Waals surface area contributed by atoms with Gasteiger partial charge in [0.05, 0.1) is 11.5 Å². The first-order chi connectivity index (χ1) is 8.45.